The van der Waals surface area contributed by atoms with E-state index in [9.17, 15) is 14.7 Å². The van der Waals surface area contributed by atoms with Gasteiger partial charge >= 0.3 is 0 Å². The number of carbonyl (C=O) groups excluding carboxylic acids is 2. The first kappa shape index (κ1) is 22.4. The lowest BCUT2D eigenvalue weighted by Crippen LogP contribution is -2.29. The van der Waals surface area contributed by atoms with Gasteiger partial charge in [0.15, 0.2) is 0 Å². The summed E-state index contributed by atoms with van der Waals surface area (Å²) in [6.07, 6.45) is 0. The average molecular weight is 446 g/mol. The summed E-state index contributed by atoms with van der Waals surface area (Å²) in [5.41, 5.74) is 4.64. The summed E-state index contributed by atoms with van der Waals surface area (Å²) in [6, 6.07) is 11.8. The van der Waals surface area contributed by atoms with Crippen LogP contribution in [-0.2, 0) is 9.59 Å². The van der Waals surface area contributed by atoms with E-state index >= 15 is 0 Å². The number of Topliss-reactive ketones (excluding diaryl/α,β-unsaturated/α-hetero) is 1. The second kappa shape index (κ2) is 8.28. The van der Waals surface area contributed by atoms with E-state index in [1.165, 1.54) is 4.90 Å². The van der Waals surface area contributed by atoms with Crippen LogP contribution in [-0.4, -0.2) is 23.9 Å². The van der Waals surface area contributed by atoms with E-state index in [1.807, 2.05) is 39.8 Å². The van der Waals surface area contributed by atoms with Crippen LogP contribution in [0.25, 0.3) is 5.76 Å². The van der Waals surface area contributed by atoms with Gasteiger partial charge in [0.1, 0.15) is 29.1 Å². The number of rotatable bonds is 4. The highest BCUT2D eigenvalue weighted by Crippen LogP contribution is 2.43. The summed E-state index contributed by atoms with van der Waals surface area (Å²) < 4.78 is 11.2. The first-order valence-corrected chi connectivity index (χ1v) is 10.7. The van der Waals surface area contributed by atoms with Crippen LogP contribution in [0.2, 0.25) is 0 Å². The Hall–Kier alpha value is -3.80. The number of aliphatic hydroxyl groups excluding tert-OH is 1. The van der Waals surface area contributed by atoms with E-state index in [4.69, 9.17) is 9.15 Å². The van der Waals surface area contributed by atoms with Crippen molar-refractivity contribution >= 4 is 23.1 Å². The third-order valence-electron chi connectivity index (χ3n) is 6.24. The highest BCUT2D eigenvalue weighted by atomic mass is 16.5. The van der Waals surface area contributed by atoms with Crippen LogP contribution < -0.4 is 9.64 Å². The summed E-state index contributed by atoms with van der Waals surface area (Å²) in [7, 11) is 1.58. The summed E-state index contributed by atoms with van der Waals surface area (Å²) in [5.74, 6) is 0.0423. The Balaban J connectivity index is 1.97. The molecule has 1 unspecified atom stereocenters. The summed E-state index contributed by atoms with van der Waals surface area (Å²) in [6.45, 7) is 9.40. The third-order valence-corrected chi connectivity index (χ3v) is 6.24. The largest absolute Gasteiger partial charge is 0.507 e. The van der Waals surface area contributed by atoms with Gasteiger partial charge in [0.2, 0.25) is 0 Å². The van der Waals surface area contributed by atoms with E-state index in [0.717, 1.165) is 22.3 Å². The van der Waals surface area contributed by atoms with Gasteiger partial charge in [-0.25, -0.2) is 0 Å². The number of aryl methyl sites for hydroxylation is 5. The number of ether oxygens (including phenoxy) is 1. The second-order valence-electron chi connectivity index (χ2n) is 8.52. The zero-order chi connectivity index (χ0) is 24.0. The molecule has 2 heterocycles. The molecule has 33 heavy (non-hydrogen) atoms. The number of hydrogen-bond acceptors (Lipinski definition) is 5. The Morgan fingerprint density at radius 2 is 1.64 bits per heavy atom. The number of amides is 1. The second-order valence-corrected chi connectivity index (χ2v) is 8.52. The molecule has 1 aliphatic heterocycles. The Morgan fingerprint density at radius 1 is 0.909 bits per heavy atom. The Morgan fingerprint density at radius 3 is 2.24 bits per heavy atom. The minimum atomic E-state index is -0.886. The lowest BCUT2D eigenvalue weighted by molar-refractivity contribution is -0.132. The smallest absolute Gasteiger partial charge is 0.300 e. The minimum Gasteiger partial charge on any atom is -0.507 e. The molecule has 2 aromatic carbocycles. The molecule has 0 aliphatic carbocycles. The van der Waals surface area contributed by atoms with Crippen LogP contribution >= 0.6 is 0 Å². The number of furan rings is 1. The van der Waals surface area contributed by atoms with Crippen LogP contribution in [0.4, 0.5) is 5.69 Å². The fourth-order valence-corrected chi connectivity index (χ4v) is 4.25. The quantitative estimate of drug-likeness (QED) is 0.328. The SMILES string of the molecule is COc1cc(C)c(/C(O)=C2\C(=O)C(=O)N(c3ccc(C)c(C)c3)C2c2ccc(C)o2)cc1C. The molecule has 1 fully saturated rings. The van der Waals surface area contributed by atoms with Gasteiger partial charge in [0.05, 0.1) is 12.7 Å². The van der Waals surface area contributed by atoms with Crippen molar-refractivity contribution in [3.63, 3.8) is 0 Å². The van der Waals surface area contributed by atoms with Crippen LogP contribution in [0.1, 0.15) is 45.4 Å². The number of anilines is 1. The molecule has 3 aromatic rings. The monoisotopic (exact) mass is 445 g/mol. The van der Waals surface area contributed by atoms with Crippen molar-refractivity contribution in [1.82, 2.24) is 0 Å². The Kier molecular flexibility index (Phi) is 5.62. The van der Waals surface area contributed by atoms with Gasteiger partial charge < -0.3 is 14.3 Å². The zero-order valence-corrected chi connectivity index (χ0v) is 19.6. The number of ketones is 1. The molecule has 1 aliphatic rings. The molecule has 0 saturated carbocycles. The van der Waals surface area contributed by atoms with E-state index in [2.05, 4.69) is 0 Å². The average Bonchev–Trinajstić information content (AvgIpc) is 3.32. The summed E-state index contributed by atoms with van der Waals surface area (Å²) >= 11 is 0. The molecule has 0 radical (unpaired) electrons. The molecule has 4 rings (SSSR count). The molecule has 1 N–H and O–H groups in total. The van der Waals surface area contributed by atoms with Gasteiger partial charge in [0, 0.05) is 11.3 Å². The lowest BCUT2D eigenvalue weighted by Gasteiger charge is -2.24. The molecule has 0 bridgehead atoms. The number of benzene rings is 2. The maximum atomic E-state index is 13.3. The molecule has 1 amide bonds. The van der Waals surface area contributed by atoms with E-state index < -0.39 is 17.7 Å². The predicted octanol–water partition coefficient (Wildman–Crippen LogP) is 5.46. The van der Waals surface area contributed by atoms with Crippen molar-refractivity contribution in [2.75, 3.05) is 12.0 Å². The van der Waals surface area contributed by atoms with E-state index in [0.29, 0.717) is 28.5 Å². The fourth-order valence-electron chi connectivity index (χ4n) is 4.25. The molecule has 0 spiro atoms. The number of hydrogen-bond donors (Lipinski definition) is 1. The minimum absolute atomic E-state index is 0.000227. The summed E-state index contributed by atoms with van der Waals surface area (Å²) in [5, 5.41) is 11.4. The van der Waals surface area contributed by atoms with Gasteiger partial charge in [0.25, 0.3) is 11.7 Å². The molecular weight excluding hydrogens is 418 g/mol. The van der Waals surface area contributed by atoms with Crippen LogP contribution in [0.5, 0.6) is 5.75 Å². The van der Waals surface area contributed by atoms with E-state index in [1.54, 1.807) is 44.4 Å². The molecule has 6 heteroatoms. The number of methoxy groups -OCH3 is 1. The normalized spacial score (nSPS) is 17.6. The van der Waals surface area contributed by atoms with Crippen molar-refractivity contribution < 1.29 is 23.8 Å². The van der Waals surface area contributed by atoms with Gasteiger partial charge in [-0.05, 0) is 93.3 Å². The first-order chi connectivity index (χ1) is 15.6. The molecule has 1 atom stereocenters. The van der Waals surface area contributed by atoms with Crippen LogP contribution in [0, 0.1) is 34.6 Å². The van der Waals surface area contributed by atoms with Gasteiger partial charge in [-0.1, -0.05) is 6.07 Å². The highest BCUT2D eigenvalue weighted by Gasteiger charge is 2.48. The maximum absolute atomic E-state index is 13.3. The van der Waals surface area contributed by atoms with Gasteiger partial charge in [-0.2, -0.15) is 0 Å². The first-order valence-electron chi connectivity index (χ1n) is 10.7. The van der Waals surface area contributed by atoms with Crippen molar-refractivity contribution in [3.8, 4) is 5.75 Å². The fraction of sp³-hybridized carbons (Fsp3) is 0.259. The maximum Gasteiger partial charge on any atom is 0.300 e. The van der Waals surface area contributed by atoms with Crippen molar-refractivity contribution in [2.45, 2.75) is 40.7 Å². The van der Waals surface area contributed by atoms with Crippen molar-refractivity contribution in [1.29, 1.82) is 0 Å². The Bertz CT molecular complexity index is 1310. The number of carbonyl (C=O) groups is 2. The topological polar surface area (TPSA) is 80.0 Å². The molecular formula is C27H27NO5. The van der Waals surface area contributed by atoms with E-state index in [-0.39, 0.29) is 11.3 Å². The van der Waals surface area contributed by atoms with Gasteiger partial charge in [-0.15, -0.1) is 0 Å². The summed E-state index contributed by atoms with van der Waals surface area (Å²) in [4.78, 5) is 28.0. The third kappa shape index (κ3) is 3.71. The molecule has 170 valence electrons. The molecule has 1 saturated heterocycles. The van der Waals surface area contributed by atoms with Crippen LogP contribution in [0.3, 0.4) is 0 Å². The van der Waals surface area contributed by atoms with Gasteiger partial charge in [-0.3, -0.25) is 14.5 Å². The number of nitrogens with zero attached hydrogens (tertiary/aromatic N) is 1. The van der Waals surface area contributed by atoms with Crippen molar-refractivity contribution in [3.05, 3.63) is 87.4 Å². The standard InChI is InChI=1S/C27H27NO5/c1-14-7-9-19(11-15(14)2)28-24(21-10-8-18(5)33-21)23(26(30)27(28)31)25(29)20-12-17(4)22(32-6)13-16(20)3/h7-13,24,29H,1-6H3/b25-23+. The molecule has 6 nitrogen and oxygen atoms in total. The zero-order valence-electron chi connectivity index (χ0n) is 19.6. The predicted molar refractivity (Wildman–Crippen MR) is 127 cm³/mol. The molecule has 1 aromatic heterocycles. The van der Waals surface area contributed by atoms with Crippen LogP contribution in [0.15, 0.2) is 52.5 Å². The Labute approximate surface area is 193 Å². The number of aliphatic hydroxyl groups is 1. The van der Waals surface area contributed by atoms with Crippen molar-refractivity contribution in [2.24, 2.45) is 0 Å². The highest BCUT2D eigenvalue weighted by molar-refractivity contribution is 6.51. The lowest BCUT2D eigenvalue weighted by atomic mass is 9.95.